The molecule has 0 atom stereocenters. The SMILES string of the molecule is CCOC(=O)Nc1ccc(C(=O)OCC(=O)Nc2ccc(Br)c(C)c2)cc1. The van der Waals surface area contributed by atoms with Gasteiger partial charge < -0.3 is 14.8 Å². The van der Waals surface area contributed by atoms with Crippen LogP contribution in [-0.4, -0.2) is 31.2 Å². The van der Waals surface area contributed by atoms with Gasteiger partial charge in [-0.2, -0.15) is 0 Å². The summed E-state index contributed by atoms with van der Waals surface area (Å²) in [6.07, 6.45) is -0.576. The molecule has 0 unspecified atom stereocenters. The lowest BCUT2D eigenvalue weighted by Crippen LogP contribution is -2.21. The van der Waals surface area contributed by atoms with Crippen LogP contribution in [0.4, 0.5) is 16.2 Å². The van der Waals surface area contributed by atoms with Crippen LogP contribution in [0.5, 0.6) is 0 Å². The lowest BCUT2D eigenvalue weighted by Gasteiger charge is -2.09. The van der Waals surface area contributed by atoms with Crippen molar-refractivity contribution in [2.24, 2.45) is 0 Å². The molecule has 0 aliphatic rings. The summed E-state index contributed by atoms with van der Waals surface area (Å²) in [6, 6.07) is 11.4. The van der Waals surface area contributed by atoms with Crippen molar-refractivity contribution in [1.82, 2.24) is 0 Å². The Kier molecular flexibility index (Phi) is 7.36. The number of rotatable bonds is 6. The Morgan fingerprint density at radius 1 is 0.963 bits per heavy atom. The van der Waals surface area contributed by atoms with E-state index in [1.807, 2.05) is 13.0 Å². The van der Waals surface area contributed by atoms with Gasteiger partial charge in [0.2, 0.25) is 0 Å². The van der Waals surface area contributed by atoms with Crippen LogP contribution in [0, 0.1) is 6.92 Å². The predicted molar refractivity (Wildman–Crippen MR) is 105 cm³/mol. The first kappa shape index (κ1) is 20.4. The molecule has 8 heteroatoms. The normalized spacial score (nSPS) is 10.0. The first-order chi connectivity index (χ1) is 12.9. The summed E-state index contributed by atoms with van der Waals surface area (Å²) in [4.78, 5) is 35.3. The molecule has 0 aromatic heterocycles. The summed E-state index contributed by atoms with van der Waals surface area (Å²) in [5.74, 6) is -1.08. The molecule has 142 valence electrons. The molecule has 2 aromatic carbocycles. The number of hydrogen-bond acceptors (Lipinski definition) is 5. The molecular formula is C19H19BrN2O5. The van der Waals surface area contributed by atoms with Gasteiger partial charge in [-0.25, -0.2) is 9.59 Å². The van der Waals surface area contributed by atoms with Crippen molar-refractivity contribution in [1.29, 1.82) is 0 Å². The largest absolute Gasteiger partial charge is 0.452 e. The number of amides is 2. The molecule has 2 aromatic rings. The average Bonchev–Trinajstić information content (AvgIpc) is 2.63. The minimum atomic E-state index is -0.639. The van der Waals surface area contributed by atoms with E-state index in [9.17, 15) is 14.4 Å². The molecule has 0 spiro atoms. The second-order valence-corrected chi connectivity index (χ2v) is 6.37. The van der Waals surface area contributed by atoms with Gasteiger partial charge >= 0.3 is 12.1 Å². The molecule has 0 bridgehead atoms. The zero-order valence-electron chi connectivity index (χ0n) is 14.9. The van der Waals surface area contributed by atoms with Gasteiger partial charge in [-0.1, -0.05) is 15.9 Å². The third-order valence-corrected chi connectivity index (χ3v) is 4.31. The number of nitrogens with one attached hydrogen (secondary N) is 2. The second kappa shape index (κ2) is 9.72. The number of esters is 1. The van der Waals surface area contributed by atoms with E-state index < -0.39 is 24.6 Å². The van der Waals surface area contributed by atoms with E-state index in [0.29, 0.717) is 11.4 Å². The summed E-state index contributed by atoms with van der Waals surface area (Å²) in [5.41, 5.74) is 2.33. The van der Waals surface area contributed by atoms with E-state index in [2.05, 4.69) is 26.6 Å². The van der Waals surface area contributed by atoms with Crippen LogP contribution in [0.2, 0.25) is 0 Å². The molecular weight excluding hydrogens is 416 g/mol. The molecule has 27 heavy (non-hydrogen) atoms. The minimum absolute atomic E-state index is 0.261. The highest BCUT2D eigenvalue weighted by Gasteiger charge is 2.11. The lowest BCUT2D eigenvalue weighted by atomic mass is 10.2. The van der Waals surface area contributed by atoms with Crippen molar-refractivity contribution in [3.63, 3.8) is 0 Å². The molecule has 2 N–H and O–H groups in total. The summed E-state index contributed by atoms with van der Waals surface area (Å²) in [5, 5.41) is 5.18. The van der Waals surface area contributed by atoms with Crippen LogP contribution in [0.3, 0.4) is 0 Å². The van der Waals surface area contributed by atoms with Gasteiger partial charge in [0.15, 0.2) is 6.61 Å². The summed E-state index contributed by atoms with van der Waals surface area (Å²) < 4.78 is 10.7. The topological polar surface area (TPSA) is 93.7 Å². The Morgan fingerprint density at radius 3 is 2.26 bits per heavy atom. The maximum absolute atomic E-state index is 12.0. The third kappa shape index (κ3) is 6.41. The summed E-state index contributed by atoms with van der Waals surface area (Å²) in [7, 11) is 0. The number of hydrogen-bond donors (Lipinski definition) is 2. The summed E-state index contributed by atoms with van der Waals surface area (Å²) in [6.45, 7) is 3.46. The van der Waals surface area contributed by atoms with Crippen molar-refractivity contribution in [3.8, 4) is 0 Å². The summed E-state index contributed by atoms with van der Waals surface area (Å²) >= 11 is 3.38. The van der Waals surface area contributed by atoms with E-state index in [1.165, 1.54) is 24.3 Å². The van der Waals surface area contributed by atoms with Gasteiger partial charge in [0.1, 0.15) is 0 Å². The molecule has 0 saturated carbocycles. The standard InChI is InChI=1S/C19H19BrN2O5/c1-3-26-19(25)22-14-6-4-13(5-7-14)18(24)27-11-17(23)21-15-8-9-16(20)12(2)10-15/h4-10H,3,11H2,1-2H3,(H,21,23)(H,22,25). The quantitative estimate of drug-likeness (QED) is 0.666. The zero-order valence-corrected chi connectivity index (χ0v) is 16.5. The number of ether oxygens (including phenoxy) is 2. The van der Waals surface area contributed by atoms with E-state index in [0.717, 1.165) is 10.0 Å². The fraction of sp³-hybridized carbons (Fsp3) is 0.211. The fourth-order valence-corrected chi connectivity index (χ4v) is 2.36. The van der Waals surface area contributed by atoms with Crippen LogP contribution in [0.1, 0.15) is 22.8 Å². The average molecular weight is 435 g/mol. The van der Waals surface area contributed by atoms with E-state index in [4.69, 9.17) is 9.47 Å². The number of anilines is 2. The molecule has 2 rings (SSSR count). The van der Waals surface area contributed by atoms with E-state index >= 15 is 0 Å². The monoisotopic (exact) mass is 434 g/mol. The number of aryl methyl sites for hydroxylation is 1. The first-order valence-electron chi connectivity index (χ1n) is 8.16. The van der Waals surface area contributed by atoms with Crippen LogP contribution in [0.15, 0.2) is 46.9 Å². The van der Waals surface area contributed by atoms with Gasteiger partial charge in [0, 0.05) is 15.8 Å². The molecule has 0 saturated heterocycles. The van der Waals surface area contributed by atoms with Gasteiger partial charge in [-0.3, -0.25) is 10.1 Å². The predicted octanol–water partition coefficient (Wildman–Crippen LogP) is 4.12. The number of carbonyl (C=O) groups excluding carboxylic acids is 3. The van der Waals surface area contributed by atoms with Crippen LogP contribution in [0.25, 0.3) is 0 Å². The van der Waals surface area contributed by atoms with Crippen molar-refractivity contribution >= 4 is 45.3 Å². The van der Waals surface area contributed by atoms with Gasteiger partial charge in [0.25, 0.3) is 5.91 Å². The Bertz CT molecular complexity index is 836. The molecule has 7 nitrogen and oxygen atoms in total. The molecule has 0 aliphatic carbocycles. The number of halogens is 1. The van der Waals surface area contributed by atoms with Crippen molar-refractivity contribution in [2.45, 2.75) is 13.8 Å². The maximum Gasteiger partial charge on any atom is 0.411 e. The van der Waals surface area contributed by atoms with Crippen molar-refractivity contribution in [3.05, 3.63) is 58.1 Å². The highest BCUT2D eigenvalue weighted by molar-refractivity contribution is 9.10. The molecule has 2 amide bonds. The van der Waals surface area contributed by atoms with Gasteiger partial charge in [-0.15, -0.1) is 0 Å². The van der Waals surface area contributed by atoms with Crippen molar-refractivity contribution < 1.29 is 23.9 Å². The van der Waals surface area contributed by atoms with E-state index in [-0.39, 0.29) is 12.2 Å². The van der Waals surface area contributed by atoms with Crippen LogP contribution >= 0.6 is 15.9 Å². The highest BCUT2D eigenvalue weighted by Crippen LogP contribution is 2.20. The highest BCUT2D eigenvalue weighted by atomic mass is 79.9. The Balaban J connectivity index is 1.84. The van der Waals surface area contributed by atoms with Crippen LogP contribution in [-0.2, 0) is 14.3 Å². The Morgan fingerprint density at radius 2 is 1.63 bits per heavy atom. The van der Waals surface area contributed by atoms with E-state index in [1.54, 1.807) is 19.1 Å². The fourth-order valence-electron chi connectivity index (χ4n) is 2.11. The molecule has 0 fully saturated rings. The Labute approximate surface area is 165 Å². The lowest BCUT2D eigenvalue weighted by molar-refractivity contribution is -0.119. The van der Waals surface area contributed by atoms with Gasteiger partial charge in [0.05, 0.1) is 12.2 Å². The number of benzene rings is 2. The van der Waals surface area contributed by atoms with Crippen LogP contribution < -0.4 is 10.6 Å². The first-order valence-corrected chi connectivity index (χ1v) is 8.95. The Hall–Kier alpha value is -2.87. The molecule has 0 radical (unpaired) electrons. The zero-order chi connectivity index (χ0) is 19.8. The third-order valence-electron chi connectivity index (χ3n) is 3.42. The second-order valence-electron chi connectivity index (χ2n) is 5.51. The molecule has 0 aliphatic heterocycles. The maximum atomic E-state index is 12.0. The van der Waals surface area contributed by atoms with Crippen molar-refractivity contribution in [2.75, 3.05) is 23.8 Å². The number of carbonyl (C=O) groups is 3. The smallest absolute Gasteiger partial charge is 0.411 e. The molecule has 0 heterocycles. The van der Waals surface area contributed by atoms with Gasteiger partial charge in [-0.05, 0) is 61.9 Å². The minimum Gasteiger partial charge on any atom is -0.452 e.